The van der Waals surface area contributed by atoms with E-state index in [1.54, 1.807) is 26.4 Å². The van der Waals surface area contributed by atoms with Crippen LogP contribution in [0.25, 0.3) is 10.9 Å². The number of rotatable bonds is 2. The normalized spacial score (nSPS) is 9.69. The smallest absolute Gasteiger partial charge is 0.162 e. The Morgan fingerprint density at radius 2 is 1.69 bits per heavy atom. The molecule has 0 spiro atoms. The summed E-state index contributed by atoms with van der Waals surface area (Å²) in [6.07, 6.45) is 1.41. The summed E-state index contributed by atoms with van der Waals surface area (Å²) in [6.45, 7) is 0. The minimum atomic E-state index is 0. The molecule has 1 heterocycles. The van der Waals surface area contributed by atoms with Crippen molar-refractivity contribution in [3.05, 3.63) is 23.6 Å². The van der Waals surface area contributed by atoms with E-state index in [9.17, 15) is 0 Å². The molecule has 1 aromatic heterocycles. The lowest BCUT2D eigenvalue weighted by atomic mass is 10.2. The van der Waals surface area contributed by atoms with Crippen LogP contribution < -0.4 is 9.47 Å². The molecule has 16 heavy (non-hydrogen) atoms. The standard InChI is InChI=1S/C10H9ClN2O2.ClH/c1-14-8-3-6-7(4-9(8)15-2)12-5-13-10(6)11;/h3-5H,1-2H3;1H. The first-order valence-electron chi connectivity index (χ1n) is 4.28. The maximum atomic E-state index is 5.93. The Hall–Kier alpha value is -1.26. The molecule has 0 atom stereocenters. The first kappa shape index (κ1) is 12.8. The van der Waals surface area contributed by atoms with Gasteiger partial charge in [-0.1, -0.05) is 11.6 Å². The van der Waals surface area contributed by atoms with Gasteiger partial charge in [0.25, 0.3) is 0 Å². The van der Waals surface area contributed by atoms with Crippen molar-refractivity contribution in [2.75, 3.05) is 14.2 Å². The molecule has 0 amide bonds. The molecule has 0 aliphatic rings. The third-order valence-electron chi connectivity index (χ3n) is 2.09. The Morgan fingerprint density at radius 1 is 1.06 bits per heavy atom. The second-order valence-corrected chi connectivity index (χ2v) is 3.25. The van der Waals surface area contributed by atoms with Crippen LogP contribution in [0, 0.1) is 0 Å². The van der Waals surface area contributed by atoms with Gasteiger partial charge in [0.2, 0.25) is 0 Å². The van der Waals surface area contributed by atoms with Crippen molar-refractivity contribution in [1.82, 2.24) is 9.97 Å². The minimum Gasteiger partial charge on any atom is -0.493 e. The molecule has 0 bridgehead atoms. The molecule has 6 heteroatoms. The third-order valence-corrected chi connectivity index (χ3v) is 2.39. The highest BCUT2D eigenvalue weighted by Gasteiger charge is 2.09. The van der Waals surface area contributed by atoms with Crippen LogP contribution in [0.4, 0.5) is 0 Å². The molecule has 1 aromatic carbocycles. The van der Waals surface area contributed by atoms with E-state index in [0.717, 1.165) is 10.9 Å². The predicted molar refractivity (Wildman–Crippen MR) is 64.9 cm³/mol. The quantitative estimate of drug-likeness (QED) is 0.779. The summed E-state index contributed by atoms with van der Waals surface area (Å²) in [4.78, 5) is 7.99. The van der Waals surface area contributed by atoms with E-state index in [1.807, 2.05) is 0 Å². The molecular weight excluding hydrogens is 251 g/mol. The molecule has 0 radical (unpaired) electrons. The van der Waals surface area contributed by atoms with E-state index in [2.05, 4.69) is 9.97 Å². The molecule has 0 unspecified atom stereocenters. The van der Waals surface area contributed by atoms with E-state index in [0.29, 0.717) is 16.7 Å². The number of fused-ring (bicyclic) bond motifs is 1. The lowest BCUT2D eigenvalue weighted by molar-refractivity contribution is 0.356. The summed E-state index contributed by atoms with van der Waals surface area (Å²) in [5.41, 5.74) is 0.729. The largest absolute Gasteiger partial charge is 0.493 e. The van der Waals surface area contributed by atoms with Gasteiger partial charge in [0, 0.05) is 11.5 Å². The maximum absolute atomic E-state index is 5.93. The SMILES string of the molecule is COc1cc2ncnc(Cl)c2cc1OC.Cl. The zero-order valence-corrected chi connectivity index (χ0v) is 10.3. The number of halogens is 2. The van der Waals surface area contributed by atoms with Crippen molar-refractivity contribution in [2.24, 2.45) is 0 Å². The molecule has 0 aliphatic heterocycles. The summed E-state index contributed by atoms with van der Waals surface area (Å²) < 4.78 is 10.3. The van der Waals surface area contributed by atoms with Gasteiger partial charge in [0.05, 0.1) is 19.7 Å². The van der Waals surface area contributed by atoms with Crippen LogP contribution in [0.3, 0.4) is 0 Å². The van der Waals surface area contributed by atoms with Crippen LogP contribution >= 0.6 is 24.0 Å². The van der Waals surface area contributed by atoms with Gasteiger partial charge in [-0.05, 0) is 6.07 Å². The Bertz CT molecular complexity index is 505. The van der Waals surface area contributed by atoms with Gasteiger partial charge < -0.3 is 9.47 Å². The molecule has 4 nitrogen and oxygen atoms in total. The van der Waals surface area contributed by atoms with Crippen molar-refractivity contribution < 1.29 is 9.47 Å². The van der Waals surface area contributed by atoms with Crippen LogP contribution in [0.2, 0.25) is 5.15 Å². The second kappa shape index (κ2) is 5.18. The Morgan fingerprint density at radius 3 is 2.31 bits per heavy atom. The highest BCUT2D eigenvalue weighted by atomic mass is 35.5. The zero-order valence-electron chi connectivity index (χ0n) is 8.73. The molecule has 86 valence electrons. The molecule has 2 rings (SSSR count). The lowest BCUT2D eigenvalue weighted by Gasteiger charge is -2.08. The number of hydrogen-bond acceptors (Lipinski definition) is 4. The molecule has 0 saturated carbocycles. The molecule has 0 fully saturated rings. The fraction of sp³-hybridized carbons (Fsp3) is 0.200. The zero-order chi connectivity index (χ0) is 10.8. The summed E-state index contributed by atoms with van der Waals surface area (Å²) in [7, 11) is 3.15. The van der Waals surface area contributed by atoms with Crippen LogP contribution in [0.1, 0.15) is 0 Å². The van der Waals surface area contributed by atoms with E-state index in [1.165, 1.54) is 6.33 Å². The lowest BCUT2D eigenvalue weighted by Crippen LogP contribution is -1.92. The summed E-state index contributed by atoms with van der Waals surface area (Å²) in [5.74, 6) is 1.24. The average molecular weight is 261 g/mol. The van der Waals surface area contributed by atoms with Crippen molar-refractivity contribution in [2.45, 2.75) is 0 Å². The first-order chi connectivity index (χ1) is 7.26. The Labute approximate surface area is 104 Å². The van der Waals surface area contributed by atoms with E-state index >= 15 is 0 Å². The van der Waals surface area contributed by atoms with Crippen LogP contribution in [0.15, 0.2) is 18.5 Å². The van der Waals surface area contributed by atoms with Crippen molar-refractivity contribution in [3.63, 3.8) is 0 Å². The van der Waals surface area contributed by atoms with Gasteiger partial charge in [-0.2, -0.15) is 0 Å². The number of hydrogen-bond donors (Lipinski definition) is 0. The van der Waals surface area contributed by atoms with E-state index < -0.39 is 0 Å². The van der Waals surface area contributed by atoms with Crippen molar-refractivity contribution in [3.8, 4) is 11.5 Å². The molecular formula is C10H10Cl2N2O2. The molecule has 2 aromatic rings. The minimum absolute atomic E-state index is 0. The van der Waals surface area contributed by atoms with Gasteiger partial charge >= 0.3 is 0 Å². The summed E-state index contributed by atoms with van der Waals surface area (Å²) in [5, 5.41) is 1.15. The summed E-state index contributed by atoms with van der Waals surface area (Å²) in [6, 6.07) is 3.53. The van der Waals surface area contributed by atoms with E-state index in [-0.39, 0.29) is 12.4 Å². The first-order valence-corrected chi connectivity index (χ1v) is 4.66. The molecule has 0 N–H and O–H groups in total. The fourth-order valence-corrected chi connectivity index (χ4v) is 1.55. The van der Waals surface area contributed by atoms with Gasteiger partial charge in [-0.25, -0.2) is 9.97 Å². The average Bonchev–Trinajstić information content (AvgIpc) is 2.28. The van der Waals surface area contributed by atoms with Gasteiger partial charge in [-0.3, -0.25) is 0 Å². The van der Waals surface area contributed by atoms with Gasteiger partial charge in [0.15, 0.2) is 11.5 Å². The van der Waals surface area contributed by atoms with Crippen LogP contribution in [-0.4, -0.2) is 24.2 Å². The van der Waals surface area contributed by atoms with Crippen LogP contribution in [-0.2, 0) is 0 Å². The number of ether oxygens (including phenoxy) is 2. The highest BCUT2D eigenvalue weighted by molar-refractivity contribution is 6.34. The third kappa shape index (κ3) is 2.13. The van der Waals surface area contributed by atoms with Crippen LogP contribution in [0.5, 0.6) is 11.5 Å². The topological polar surface area (TPSA) is 44.2 Å². The Balaban J connectivity index is 0.00000128. The highest BCUT2D eigenvalue weighted by Crippen LogP contribution is 2.33. The molecule has 0 saturated heterocycles. The predicted octanol–water partition coefficient (Wildman–Crippen LogP) is 2.72. The number of benzene rings is 1. The van der Waals surface area contributed by atoms with Gasteiger partial charge in [-0.15, -0.1) is 12.4 Å². The number of aromatic nitrogens is 2. The second-order valence-electron chi connectivity index (χ2n) is 2.89. The van der Waals surface area contributed by atoms with Crippen molar-refractivity contribution >= 4 is 34.9 Å². The molecule has 0 aliphatic carbocycles. The Kier molecular flexibility index (Phi) is 4.15. The summed E-state index contributed by atoms with van der Waals surface area (Å²) >= 11 is 5.93. The van der Waals surface area contributed by atoms with Gasteiger partial charge in [0.1, 0.15) is 11.5 Å². The van der Waals surface area contributed by atoms with E-state index in [4.69, 9.17) is 21.1 Å². The van der Waals surface area contributed by atoms with Crippen molar-refractivity contribution in [1.29, 1.82) is 0 Å². The monoisotopic (exact) mass is 260 g/mol. The number of nitrogens with zero attached hydrogens (tertiary/aromatic N) is 2. The maximum Gasteiger partial charge on any atom is 0.162 e. The number of methoxy groups -OCH3 is 2. The fourth-order valence-electron chi connectivity index (χ4n) is 1.35.